The first-order chi connectivity index (χ1) is 17.9. The minimum atomic E-state index is -0.474. The van der Waals surface area contributed by atoms with Crippen LogP contribution in [0, 0.1) is 10.8 Å². The van der Waals surface area contributed by atoms with Crippen LogP contribution in [0.3, 0.4) is 0 Å². The fourth-order valence-corrected chi connectivity index (χ4v) is 6.59. The van der Waals surface area contributed by atoms with Gasteiger partial charge in [0.2, 0.25) is 0 Å². The fourth-order valence-electron chi connectivity index (χ4n) is 6.32. The van der Waals surface area contributed by atoms with Crippen molar-refractivity contribution in [2.45, 2.75) is 79.6 Å². The number of ketones is 2. The van der Waals surface area contributed by atoms with Gasteiger partial charge in [-0.25, -0.2) is 0 Å². The summed E-state index contributed by atoms with van der Waals surface area (Å²) in [6.07, 6.45) is 3.23. The van der Waals surface area contributed by atoms with E-state index in [2.05, 4.69) is 32.6 Å². The number of nitrogens with zero attached hydrogens (tertiary/aromatic N) is 1. The lowest BCUT2D eigenvalue weighted by atomic mass is 9.63. The summed E-state index contributed by atoms with van der Waals surface area (Å²) in [5, 5.41) is 0.423. The quantitative estimate of drug-likeness (QED) is 0.317. The van der Waals surface area contributed by atoms with Gasteiger partial charge in [-0.3, -0.25) is 9.59 Å². The summed E-state index contributed by atoms with van der Waals surface area (Å²) in [6.45, 7) is 14.6. The van der Waals surface area contributed by atoms with Gasteiger partial charge in [0, 0.05) is 61.6 Å². The average molecular weight is 544 g/mol. The van der Waals surface area contributed by atoms with E-state index in [1.54, 1.807) is 7.11 Å². The van der Waals surface area contributed by atoms with E-state index in [1.807, 2.05) is 26.0 Å². The number of halogens is 1. The summed E-state index contributed by atoms with van der Waals surface area (Å²) in [7, 11) is 1.70. The lowest BCUT2D eigenvalue weighted by Crippen LogP contribution is -2.44. The Morgan fingerprint density at radius 3 is 1.95 bits per heavy atom. The number of hydrogen-bond acceptors (Lipinski definition) is 6. The molecule has 1 heterocycles. The fraction of sp³-hybridized carbons (Fsp3) is 0.613. The Bertz CT molecular complexity index is 1120. The number of methoxy groups -OCH3 is 1. The second-order valence-electron chi connectivity index (χ2n) is 12.2. The molecule has 0 fully saturated rings. The van der Waals surface area contributed by atoms with Crippen LogP contribution in [-0.4, -0.2) is 49.9 Å². The third-order valence-electron chi connectivity index (χ3n) is 7.71. The molecule has 7 heteroatoms. The Labute approximate surface area is 232 Å². The Kier molecular flexibility index (Phi) is 8.34. The van der Waals surface area contributed by atoms with Crippen molar-refractivity contribution in [1.29, 1.82) is 0 Å². The molecule has 38 heavy (non-hydrogen) atoms. The van der Waals surface area contributed by atoms with Crippen LogP contribution in [-0.2, 0) is 14.3 Å². The molecule has 2 aliphatic carbocycles. The van der Waals surface area contributed by atoms with Crippen LogP contribution in [0.15, 0.2) is 34.7 Å². The van der Waals surface area contributed by atoms with Crippen molar-refractivity contribution in [2.24, 2.45) is 10.8 Å². The standard InChI is InChI=1S/C31H42ClNO5/c1-8-37-25-14-19(13-20(32)29(25)38-9-2)26-27-21(15-30(3,4)17-23(27)34)33(11-10-12-36-7)22-16-31(5,6)18-24(35)28(22)26/h13-14,26H,8-12,15-18H2,1-7H3. The van der Waals surface area contributed by atoms with Crippen LogP contribution in [0.25, 0.3) is 0 Å². The minimum Gasteiger partial charge on any atom is -0.490 e. The summed E-state index contributed by atoms with van der Waals surface area (Å²) in [5.41, 5.74) is 4.02. The van der Waals surface area contributed by atoms with Gasteiger partial charge in [0.15, 0.2) is 23.1 Å². The molecule has 0 aromatic heterocycles. The summed E-state index contributed by atoms with van der Waals surface area (Å²) in [4.78, 5) is 30.2. The molecule has 0 spiro atoms. The van der Waals surface area contributed by atoms with E-state index in [0.717, 1.165) is 47.4 Å². The van der Waals surface area contributed by atoms with Crippen molar-refractivity contribution in [3.63, 3.8) is 0 Å². The maximum Gasteiger partial charge on any atom is 0.179 e. The van der Waals surface area contributed by atoms with Gasteiger partial charge >= 0.3 is 0 Å². The highest BCUT2D eigenvalue weighted by atomic mass is 35.5. The molecule has 0 N–H and O–H groups in total. The molecule has 0 radical (unpaired) electrons. The summed E-state index contributed by atoms with van der Waals surface area (Å²) in [6, 6.07) is 3.77. The predicted molar refractivity (Wildman–Crippen MR) is 150 cm³/mol. The number of carbonyl (C=O) groups is 2. The molecule has 0 amide bonds. The van der Waals surface area contributed by atoms with Crippen molar-refractivity contribution in [3.8, 4) is 11.5 Å². The van der Waals surface area contributed by atoms with Gasteiger partial charge in [0.25, 0.3) is 0 Å². The SMILES string of the molecule is CCOc1cc(C2C3=C(CC(C)(C)CC3=O)N(CCCOC)C3=C2C(=O)CC(C)(C)C3)cc(Cl)c1OCC. The number of hydrogen-bond donors (Lipinski definition) is 0. The lowest BCUT2D eigenvalue weighted by molar-refractivity contribution is -0.119. The highest BCUT2D eigenvalue weighted by molar-refractivity contribution is 6.32. The lowest BCUT2D eigenvalue weighted by Gasteiger charge is -2.49. The molecule has 1 aromatic carbocycles. The topological polar surface area (TPSA) is 65.1 Å². The van der Waals surface area contributed by atoms with Crippen LogP contribution in [0.1, 0.15) is 85.1 Å². The number of rotatable bonds is 9. The van der Waals surface area contributed by atoms with E-state index in [-0.39, 0.29) is 22.4 Å². The van der Waals surface area contributed by atoms with Crippen molar-refractivity contribution < 1.29 is 23.8 Å². The summed E-state index contributed by atoms with van der Waals surface area (Å²) < 4.78 is 17.1. The van der Waals surface area contributed by atoms with Crippen molar-refractivity contribution in [2.75, 3.05) is 33.5 Å². The van der Waals surface area contributed by atoms with Gasteiger partial charge in [0.1, 0.15) is 0 Å². The smallest absolute Gasteiger partial charge is 0.179 e. The van der Waals surface area contributed by atoms with Gasteiger partial charge in [-0.15, -0.1) is 0 Å². The number of ether oxygens (including phenoxy) is 3. The van der Waals surface area contributed by atoms with Crippen LogP contribution >= 0.6 is 11.6 Å². The zero-order valence-electron chi connectivity index (χ0n) is 24.0. The monoisotopic (exact) mass is 543 g/mol. The molecule has 1 aliphatic heterocycles. The highest BCUT2D eigenvalue weighted by Crippen LogP contribution is 2.55. The van der Waals surface area contributed by atoms with Gasteiger partial charge < -0.3 is 19.1 Å². The maximum atomic E-state index is 13.9. The number of carbonyl (C=O) groups excluding carboxylic acids is 2. The molecular weight excluding hydrogens is 502 g/mol. The van der Waals surface area contributed by atoms with Crippen LogP contribution in [0.2, 0.25) is 5.02 Å². The Morgan fingerprint density at radius 1 is 0.895 bits per heavy atom. The third-order valence-corrected chi connectivity index (χ3v) is 7.99. The van der Waals surface area contributed by atoms with E-state index in [1.165, 1.54) is 0 Å². The Hall–Kier alpha value is -2.31. The second-order valence-corrected chi connectivity index (χ2v) is 12.6. The molecule has 208 valence electrons. The van der Waals surface area contributed by atoms with Crippen molar-refractivity contribution in [1.82, 2.24) is 4.90 Å². The summed E-state index contributed by atoms with van der Waals surface area (Å²) in [5.74, 6) is 0.761. The first-order valence-corrected chi connectivity index (χ1v) is 14.2. The largest absolute Gasteiger partial charge is 0.490 e. The normalized spacial score (nSPS) is 21.0. The van der Waals surface area contributed by atoms with Crippen molar-refractivity contribution >= 4 is 23.2 Å². The van der Waals surface area contributed by atoms with E-state index >= 15 is 0 Å². The Balaban J connectivity index is 1.98. The second kappa shape index (κ2) is 11.1. The van der Waals surface area contributed by atoms with Crippen LogP contribution < -0.4 is 9.47 Å². The van der Waals surface area contributed by atoms with E-state index in [9.17, 15) is 9.59 Å². The molecular formula is C31H42ClNO5. The number of allylic oxidation sites excluding steroid dienone is 4. The van der Waals surface area contributed by atoms with Crippen LogP contribution in [0.4, 0.5) is 0 Å². The predicted octanol–water partition coefficient (Wildman–Crippen LogP) is 6.86. The molecule has 6 nitrogen and oxygen atoms in total. The molecule has 0 unspecified atom stereocenters. The van der Waals surface area contributed by atoms with E-state index < -0.39 is 5.92 Å². The highest BCUT2D eigenvalue weighted by Gasteiger charge is 2.49. The average Bonchev–Trinajstić information content (AvgIpc) is 2.80. The van der Waals surface area contributed by atoms with Crippen molar-refractivity contribution in [3.05, 3.63) is 45.3 Å². The number of Topliss-reactive ketones (excluding diaryl/α,β-unsaturated/α-hetero) is 2. The van der Waals surface area contributed by atoms with Gasteiger partial charge in [-0.2, -0.15) is 0 Å². The molecule has 3 aliphatic rings. The van der Waals surface area contributed by atoms with Gasteiger partial charge in [-0.1, -0.05) is 39.3 Å². The summed E-state index contributed by atoms with van der Waals surface area (Å²) >= 11 is 6.76. The molecule has 0 saturated heterocycles. The first kappa shape index (κ1) is 28.7. The minimum absolute atomic E-state index is 0.102. The molecule has 0 bridgehead atoms. The van der Waals surface area contributed by atoms with Crippen LogP contribution in [0.5, 0.6) is 11.5 Å². The zero-order valence-corrected chi connectivity index (χ0v) is 24.7. The molecule has 4 rings (SSSR count). The number of benzene rings is 1. The van der Waals surface area contributed by atoms with E-state index in [4.69, 9.17) is 25.8 Å². The van der Waals surface area contributed by atoms with E-state index in [0.29, 0.717) is 55.7 Å². The molecule has 0 saturated carbocycles. The van der Waals surface area contributed by atoms with Gasteiger partial charge in [-0.05, 0) is 61.6 Å². The van der Waals surface area contributed by atoms with Gasteiger partial charge in [0.05, 0.1) is 18.2 Å². The first-order valence-electron chi connectivity index (χ1n) is 13.8. The molecule has 0 atom stereocenters. The zero-order chi connectivity index (χ0) is 27.8. The molecule has 1 aromatic rings. The third kappa shape index (κ3) is 5.53. The maximum absolute atomic E-state index is 13.9. The Morgan fingerprint density at radius 2 is 1.45 bits per heavy atom.